The van der Waals surface area contributed by atoms with Crippen LogP contribution in [0.3, 0.4) is 0 Å². The Hall–Kier alpha value is -1.79. The summed E-state index contributed by atoms with van der Waals surface area (Å²) in [6.45, 7) is 3.19. The minimum atomic E-state index is 0.137. The van der Waals surface area contributed by atoms with E-state index in [-0.39, 0.29) is 6.10 Å². The maximum atomic E-state index is 6.35. The zero-order chi connectivity index (χ0) is 20.1. The van der Waals surface area contributed by atoms with Crippen molar-refractivity contribution in [3.63, 3.8) is 0 Å². The molecule has 0 saturated carbocycles. The molecule has 2 bridgehead atoms. The molecule has 0 spiro atoms. The molecule has 30 heavy (non-hydrogen) atoms. The normalized spacial score (nSPS) is 24.0. The molecule has 0 amide bonds. The SMILES string of the molecule is [Tl][n]1nc(-c2ccnc(N3C[C@@H]4C[C@H]3CO4)c2)c2c(OC3CCOCC3)nccc21. The van der Waals surface area contributed by atoms with Crippen LogP contribution in [0.5, 0.6) is 5.88 Å². The fraction of sp³-hybridized carbons (Fsp3) is 0.476. The van der Waals surface area contributed by atoms with Crippen LogP contribution in [0.15, 0.2) is 30.6 Å². The van der Waals surface area contributed by atoms with E-state index in [1.54, 1.807) is 0 Å². The van der Waals surface area contributed by atoms with Crippen LogP contribution < -0.4 is 9.64 Å². The topological polar surface area (TPSA) is 74.5 Å². The number of aromatic nitrogens is 4. The molecule has 0 unspecified atom stereocenters. The molecule has 3 aromatic heterocycles. The van der Waals surface area contributed by atoms with Gasteiger partial charge in [0.05, 0.1) is 0 Å². The molecule has 3 aliphatic heterocycles. The van der Waals surface area contributed by atoms with Crippen LogP contribution in [0.25, 0.3) is 22.2 Å². The van der Waals surface area contributed by atoms with Crippen LogP contribution in [0.1, 0.15) is 19.3 Å². The van der Waals surface area contributed by atoms with Crippen LogP contribution >= 0.6 is 0 Å². The number of morpholine rings is 1. The fourth-order valence-electron chi connectivity index (χ4n) is 4.70. The molecule has 3 aliphatic rings. The average Bonchev–Trinajstić information content (AvgIpc) is 3.50. The molecule has 8 nitrogen and oxygen atoms in total. The molecule has 3 aromatic rings. The van der Waals surface area contributed by atoms with Gasteiger partial charge in [0.2, 0.25) is 0 Å². The number of hydrogen-bond donors (Lipinski definition) is 0. The summed E-state index contributed by atoms with van der Waals surface area (Å²) in [6, 6.07) is 6.65. The van der Waals surface area contributed by atoms with Gasteiger partial charge in [0, 0.05) is 0 Å². The van der Waals surface area contributed by atoms with Crippen LogP contribution in [-0.4, -0.2) is 88.2 Å². The maximum absolute atomic E-state index is 6.35. The van der Waals surface area contributed by atoms with E-state index in [0.29, 0.717) is 44.1 Å². The number of hydrogen-bond acceptors (Lipinski definition) is 7. The number of anilines is 1. The van der Waals surface area contributed by atoms with Gasteiger partial charge in [0.1, 0.15) is 0 Å². The van der Waals surface area contributed by atoms with E-state index < -0.39 is 0 Å². The second-order valence-corrected chi connectivity index (χ2v) is 10.0. The minimum absolute atomic E-state index is 0.137. The second-order valence-electron chi connectivity index (χ2n) is 8.13. The summed E-state index contributed by atoms with van der Waals surface area (Å²) < 4.78 is 19.6. The summed E-state index contributed by atoms with van der Waals surface area (Å²) in [5.74, 6) is 1.67. The van der Waals surface area contributed by atoms with Crippen molar-refractivity contribution in [2.45, 2.75) is 37.5 Å². The van der Waals surface area contributed by atoms with Crippen LogP contribution in [0, 0.1) is 0 Å². The van der Waals surface area contributed by atoms with Crippen molar-refractivity contribution in [3.8, 4) is 17.1 Å². The van der Waals surface area contributed by atoms with E-state index >= 15 is 0 Å². The van der Waals surface area contributed by atoms with E-state index in [4.69, 9.17) is 19.3 Å². The summed E-state index contributed by atoms with van der Waals surface area (Å²) in [5, 5.41) is 5.90. The Morgan fingerprint density at radius 3 is 2.80 bits per heavy atom. The Morgan fingerprint density at radius 1 is 1.13 bits per heavy atom. The van der Waals surface area contributed by atoms with Crippen LogP contribution in [0.2, 0.25) is 0 Å². The van der Waals surface area contributed by atoms with Gasteiger partial charge in [0.15, 0.2) is 0 Å². The molecule has 0 aliphatic carbocycles. The number of nitrogens with zero attached hydrogens (tertiary/aromatic N) is 5. The molecule has 0 aromatic carbocycles. The van der Waals surface area contributed by atoms with Crippen molar-refractivity contribution < 1.29 is 14.2 Å². The third-order valence-corrected chi connectivity index (χ3v) is 7.78. The van der Waals surface area contributed by atoms with Crippen molar-refractivity contribution in [2.24, 2.45) is 0 Å². The number of pyridine rings is 2. The summed E-state index contributed by atoms with van der Waals surface area (Å²) >= 11 is 0.553. The molecule has 6 rings (SSSR count). The standard InChI is InChI=1S/C21H22N5O3.Tl/c1-5-22-18(26-11-16-10-14(26)12-28-16)9-13(1)20-19-17(24-25-20)2-6-23-21(19)29-15-3-7-27-8-4-15;/h1-2,5-6,9,14-16H,3-4,7-8,10-12H2;/q-1;+1/t14-,16-;/m0./s1. The fourth-order valence-corrected chi connectivity index (χ4v) is 5.99. The van der Waals surface area contributed by atoms with Crippen LogP contribution in [0.4, 0.5) is 5.82 Å². The molecule has 2 atom stereocenters. The van der Waals surface area contributed by atoms with Gasteiger partial charge >= 0.3 is 191 Å². The van der Waals surface area contributed by atoms with Gasteiger partial charge in [-0.2, -0.15) is 0 Å². The van der Waals surface area contributed by atoms with E-state index in [2.05, 4.69) is 23.4 Å². The predicted molar refractivity (Wildman–Crippen MR) is 112 cm³/mol. The Morgan fingerprint density at radius 2 is 2.00 bits per heavy atom. The van der Waals surface area contributed by atoms with Crippen molar-refractivity contribution in [2.75, 3.05) is 31.3 Å². The van der Waals surface area contributed by atoms with Crippen LogP contribution in [-0.2, 0) is 9.47 Å². The van der Waals surface area contributed by atoms with Crippen molar-refractivity contribution in [3.05, 3.63) is 30.6 Å². The van der Waals surface area contributed by atoms with Gasteiger partial charge in [-0.3, -0.25) is 0 Å². The van der Waals surface area contributed by atoms with Crippen molar-refractivity contribution >= 4 is 42.8 Å². The molecule has 152 valence electrons. The Bertz CT molecular complexity index is 1080. The first-order valence-corrected chi connectivity index (χ1v) is 12.5. The van der Waals surface area contributed by atoms with Gasteiger partial charge in [-0.15, -0.1) is 0 Å². The first-order valence-electron chi connectivity index (χ1n) is 10.5. The third kappa shape index (κ3) is 3.29. The monoisotopic (exact) mass is 597 g/mol. The summed E-state index contributed by atoms with van der Waals surface area (Å²) in [6.07, 6.45) is 7.06. The van der Waals surface area contributed by atoms with Gasteiger partial charge in [-0.05, 0) is 0 Å². The molecule has 3 fully saturated rings. The third-order valence-electron chi connectivity index (χ3n) is 6.25. The van der Waals surface area contributed by atoms with E-state index in [1.165, 1.54) is 0 Å². The van der Waals surface area contributed by atoms with E-state index in [9.17, 15) is 0 Å². The summed E-state index contributed by atoms with van der Waals surface area (Å²) in [5.41, 5.74) is 3.06. The molecule has 3 saturated heterocycles. The predicted octanol–water partition coefficient (Wildman–Crippen LogP) is 1.96. The number of ether oxygens (including phenoxy) is 3. The molecule has 6 heterocycles. The quantitative estimate of drug-likeness (QED) is 0.427. The summed E-state index contributed by atoms with van der Waals surface area (Å²) in [7, 11) is 0. The molecule has 0 N–H and O–H groups in total. The van der Waals surface area contributed by atoms with Crippen molar-refractivity contribution in [1.82, 2.24) is 17.6 Å². The van der Waals surface area contributed by atoms with Gasteiger partial charge in [-0.1, -0.05) is 0 Å². The number of rotatable bonds is 4. The Balaban J connectivity index is 1.40. The van der Waals surface area contributed by atoms with Gasteiger partial charge in [-0.25, -0.2) is 0 Å². The van der Waals surface area contributed by atoms with E-state index in [1.807, 2.05) is 24.5 Å². The van der Waals surface area contributed by atoms with E-state index in [0.717, 1.165) is 73.6 Å². The average molecular weight is 597 g/mol. The zero-order valence-corrected chi connectivity index (χ0v) is 21.1. The van der Waals surface area contributed by atoms with Gasteiger partial charge < -0.3 is 0 Å². The number of fused-ring (bicyclic) bond motifs is 3. The zero-order valence-electron chi connectivity index (χ0n) is 16.6. The second kappa shape index (κ2) is 7.72. The molecule has 0 radical (unpaired) electrons. The first kappa shape index (κ1) is 18.9. The summed E-state index contributed by atoms with van der Waals surface area (Å²) in [4.78, 5) is 11.6. The molecular weight excluding hydrogens is 575 g/mol. The Kier molecular flexibility index (Phi) is 4.87. The Labute approximate surface area is 190 Å². The molecule has 9 heteroatoms. The first-order chi connectivity index (χ1) is 14.8. The molecular formula is C21H22N5O3Tl. The van der Waals surface area contributed by atoms with Gasteiger partial charge in [0.25, 0.3) is 0 Å². The van der Waals surface area contributed by atoms with Crippen molar-refractivity contribution in [1.29, 1.82) is 0 Å².